The molecule has 1 atom stereocenters. The molecule has 2 aromatic heterocycles. The Morgan fingerprint density at radius 3 is 2.68 bits per heavy atom. The Bertz CT molecular complexity index is 560. The molecule has 0 radical (unpaired) electrons. The minimum absolute atomic E-state index is 0.0503. The van der Waals surface area contributed by atoms with Crippen LogP contribution in [0.15, 0.2) is 47.5 Å². The molecule has 4 nitrogen and oxygen atoms in total. The van der Waals surface area contributed by atoms with Crippen molar-refractivity contribution in [1.29, 1.82) is 0 Å². The molecule has 5 heteroatoms. The molecule has 1 amide bonds. The molecule has 1 N–H and O–H groups in total. The summed E-state index contributed by atoms with van der Waals surface area (Å²) in [6, 6.07) is 5.31. The SMILES string of the molecule is CC[C@H](NC(=O)c1ccncc1)c1cncc(Br)c1. The van der Waals surface area contributed by atoms with Crippen LogP contribution in [0.3, 0.4) is 0 Å². The Hall–Kier alpha value is -1.75. The van der Waals surface area contributed by atoms with Crippen molar-refractivity contribution in [3.8, 4) is 0 Å². The van der Waals surface area contributed by atoms with Crippen molar-refractivity contribution in [3.05, 3.63) is 58.6 Å². The molecule has 2 heterocycles. The van der Waals surface area contributed by atoms with Gasteiger partial charge in [-0.25, -0.2) is 0 Å². The van der Waals surface area contributed by atoms with Crippen molar-refractivity contribution in [2.24, 2.45) is 0 Å². The Labute approximate surface area is 120 Å². The molecule has 0 fully saturated rings. The molecule has 2 rings (SSSR count). The van der Waals surface area contributed by atoms with Crippen molar-refractivity contribution in [2.45, 2.75) is 19.4 Å². The molecule has 19 heavy (non-hydrogen) atoms. The molecule has 0 aliphatic rings. The summed E-state index contributed by atoms with van der Waals surface area (Å²) >= 11 is 3.39. The average molecular weight is 320 g/mol. The van der Waals surface area contributed by atoms with Crippen LogP contribution in [-0.2, 0) is 0 Å². The van der Waals surface area contributed by atoms with E-state index in [1.807, 2.05) is 13.0 Å². The number of aromatic nitrogens is 2. The normalized spacial score (nSPS) is 11.9. The number of hydrogen-bond donors (Lipinski definition) is 1. The topological polar surface area (TPSA) is 54.9 Å². The van der Waals surface area contributed by atoms with Crippen molar-refractivity contribution in [1.82, 2.24) is 15.3 Å². The monoisotopic (exact) mass is 319 g/mol. The number of nitrogens with one attached hydrogen (secondary N) is 1. The maximum Gasteiger partial charge on any atom is 0.251 e. The zero-order chi connectivity index (χ0) is 13.7. The number of pyridine rings is 2. The first kappa shape index (κ1) is 13.7. The molecule has 98 valence electrons. The van der Waals surface area contributed by atoms with Crippen LogP contribution in [0.4, 0.5) is 0 Å². The van der Waals surface area contributed by atoms with Gasteiger partial charge in [-0.05, 0) is 46.1 Å². The quantitative estimate of drug-likeness (QED) is 0.942. The summed E-state index contributed by atoms with van der Waals surface area (Å²) in [5, 5.41) is 3.00. The first-order valence-corrected chi connectivity index (χ1v) is 6.81. The van der Waals surface area contributed by atoms with Gasteiger partial charge in [0, 0.05) is 34.8 Å². The van der Waals surface area contributed by atoms with Gasteiger partial charge >= 0.3 is 0 Å². The van der Waals surface area contributed by atoms with Gasteiger partial charge in [0.05, 0.1) is 6.04 Å². The predicted molar refractivity (Wildman–Crippen MR) is 76.7 cm³/mol. The summed E-state index contributed by atoms with van der Waals surface area (Å²) in [6.45, 7) is 2.03. The van der Waals surface area contributed by atoms with E-state index in [-0.39, 0.29) is 11.9 Å². The lowest BCUT2D eigenvalue weighted by molar-refractivity contribution is 0.0935. The number of carbonyl (C=O) groups is 1. The summed E-state index contributed by atoms with van der Waals surface area (Å²) in [5.74, 6) is -0.103. The molecular weight excluding hydrogens is 306 g/mol. The number of rotatable bonds is 4. The second-order valence-corrected chi connectivity index (χ2v) is 5.02. The molecule has 0 aliphatic carbocycles. The third-order valence-electron chi connectivity index (χ3n) is 2.78. The van der Waals surface area contributed by atoms with Gasteiger partial charge in [0.2, 0.25) is 0 Å². The van der Waals surface area contributed by atoms with Crippen molar-refractivity contribution >= 4 is 21.8 Å². The van der Waals surface area contributed by atoms with Crippen molar-refractivity contribution in [2.75, 3.05) is 0 Å². The van der Waals surface area contributed by atoms with Gasteiger partial charge in [-0.3, -0.25) is 14.8 Å². The van der Waals surface area contributed by atoms with Crippen LogP contribution in [-0.4, -0.2) is 15.9 Å². The van der Waals surface area contributed by atoms with E-state index in [1.54, 1.807) is 36.9 Å². The second-order valence-electron chi connectivity index (χ2n) is 4.11. The first-order valence-electron chi connectivity index (χ1n) is 6.02. The van der Waals surface area contributed by atoms with Gasteiger partial charge in [-0.2, -0.15) is 0 Å². The third kappa shape index (κ3) is 3.61. The van der Waals surface area contributed by atoms with E-state index < -0.39 is 0 Å². The second kappa shape index (κ2) is 6.43. The molecule has 0 saturated heterocycles. The molecule has 0 unspecified atom stereocenters. The van der Waals surface area contributed by atoms with Crippen LogP contribution >= 0.6 is 15.9 Å². The highest BCUT2D eigenvalue weighted by Crippen LogP contribution is 2.19. The van der Waals surface area contributed by atoms with Crippen LogP contribution in [0.25, 0.3) is 0 Å². The Kier molecular flexibility index (Phi) is 4.63. The van der Waals surface area contributed by atoms with Gasteiger partial charge < -0.3 is 5.32 Å². The number of amides is 1. The van der Waals surface area contributed by atoms with Crippen LogP contribution in [0.5, 0.6) is 0 Å². The zero-order valence-electron chi connectivity index (χ0n) is 10.5. The van der Waals surface area contributed by atoms with Crippen LogP contribution in [0, 0.1) is 0 Å². The molecular formula is C14H14BrN3O. The fourth-order valence-corrected chi connectivity index (χ4v) is 2.17. The third-order valence-corrected chi connectivity index (χ3v) is 3.22. The Balaban J connectivity index is 2.14. The van der Waals surface area contributed by atoms with Gasteiger partial charge in [-0.1, -0.05) is 6.92 Å². The average Bonchev–Trinajstić information content (AvgIpc) is 2.45. The van der Waals surface area contributed by atoms with Gasteiger partial charge in [0.25, 0.3) is 5.91 Å². The number of halogens is 1. The minimum atomic E-state index is -0.103. The first-order chi connectivity index (χ1) is 9.20. The number of hydrogen-bond acceptors (Lipinski definition) is 3. The van der Waals surface area contributed by atoms with E-state index in [4.69, 9.17) is 0 Å². The van der Waals surface area contributed by atoms with E-state index in [9.17, 15) is 4.79 Å². The van der Waals surface area contributed by atoms with Crippen LogP contribution < -0.4 is 5.32 Å². The molecule has 2 aromatic rings. The minimum Gasteiger partial charge on any atom is -0.345 e. The number of nitrogens with zero attached hydrogens (tertiary/aromatic N) is 2. The summed E-state index contributed by atoms with van der Waals surface area (Å²) < 4.78 is 0.904. The van der Waals surface area contributed by atoms with Crippen molar-refractivity contribution in [3.63, 3.8) is 0 Å². The van der Waals surface area contributed by atoms with Gasteiger partial charge in [0.15, 0.2) is 0 Å². The predicted octanol–water partition coefficient (Wildman–Crippen LogP) is 3.12. The summed E-state index contributed by atoms with van der Waals surface area (Å²) in [5.41, 5.74) is 1.59. The highest BCUT2D eigenvalue weighted by atomic mass is 79.9. The largest absolute Gasteiger partial charge is 0.345 e. The standard InChI is InChI=1S/C14H14BrN3O/c1-2-13(11-7-12(15)9-17-8-11)18-14(19)10-3-5-16-6-4-10/h3-9,13H,2H2,1H3,(H,18,19)/t13-/m0/s1. The zero-order valence-corrected chi connectivity index (χ0v) is 12.1. The highest BCUT2D eigenvalue weighted by molar-refractivity contribution is 9.10. The molecule has 0 spiro atoms. The molecule has 0 bridgehead atoms. The van der Waals surface area contributed by atoms with E-state index in [1.165, 1.54) is 0 Å². The Morgan fingerprint density at radius 2 is 2.05 bits per heavy atom. The summed E-state index contributed by atoms with van der Waals surface area (Å²) in [4.78, 5) is 20.1. The lowest BCUT2D eigenvalue weighted by Crippen LogP contribution is -2.28. The lowest BCUT2D eigenvalue weighted by atomic mass is 10.1. The maximum absolute atomic E-state index is 12.1. The van der Waals surface area contributed by atoms with Crippen molar-refractivity contribution < 1.29 is 4.79 Å². The van der Waals surface area contributed by atoms with E-state index >= 15 is 0 Å². The lowest BCUT2D eigenvalue weighted by Gasteiger charge is -2.17. The molecule has 0 aromatic carbocycles. The van der Waals surface area contributed by atoms with E-state index in [0.717, 1.165) is 16.5 Å². The van der Waals surface area contributed by atoms with E-state index in [0.29, 0.717) is 5.56 Å². The molecule has 0 saturated carbocycles. The molecule has 0 aliphatic heterocycles. The fourth-order valence-electron chi connectivity index (χ4n) is 1.78. The van der Waals surface area contributed by atoms with Gasteiger partial charge in [-0.15, -0.1) is 0 Å². The maximum atomic E-state index is 12.1. The summed E-state index contributed by atoms with van der Waals surface area (Å²) in [7, 11) is 0. The highest BCUT2D eigenvalue weighted by Gasteiger charge is 2.14. The van der Waals surface area contributed by atoms with Gasteiger partial charge in [0.1, 0.15) is 0 Å². The number of carbonyl (C=O) groups excluding carboxylic acids is 1. The smallest absolute Gasteiger partial charge is 0.251 e. The summed E-state index contributed by atoms with van der Waals surface area (Å²) in [6.07, 6.45) is 7.51. The van der Waals surface area contributed by atoms with Crippen LogP contribution in [0.2, 0.25) is 0 Å². The van der Waals surface area contributed by atoms with Crippen LogP contribution in [0.1, 0.15) is 35.3 Å². The fraction of sp³-hybridized carbons (Fsp3) is 0.214. The Morgan fingerprint density at radius 1 is 1.32 bits per heavy atom. The van der Waals surface area contributed by atoms with E-state index in [2.05, 4.69) is 31.2 Å².